The largest absolute Gasteiger partial charge is 0.489 e. The van der Waals surface area contributed by atoms with E-state index in [0.717, 1.165) is 37.1 Å². The molecule has 2 fully saturated rings. The number of hydrogen-bond donors (Lipinski definition) is 2. The van der Waals surface area contributed by atoms with Gasteiger partial charge in [-0.15, -0.1) is 0 Å². The van der Waals surface area contributed by atoms with Gasteiger partial charge in [0.25, 0.3) is 5.91 Å². The molecule has 3 heterocycles. The average molecular weight is 434 g/mol. The van der Waals surface area contributed by atoms with Gasteiger partial charge in [-0.2, -0.15) is 0 Å². The highest BCUT2D eigenvalue weighted by Gasteiger charge is 2.39. The summed E-state index contributed by atoms with van der Waals surface area (Å²) in [5.41, 5.74) is 2.65. The molecule has 2 N–H and O–H groups in total. The number of nitrogens with one attached hydrogen (secondary N) is 2. The summed E-state index contributed by atoms with van der Waals surface area (Å²) in [7, 11) is 0. The zero-order valence-electron chi connectivity index (χ0n) is 17.8. The number of nitrogens with zero attached hydrogens (tertiary/aromatic N) is 2. The van der Waals surface area contributed by atoms with Crippen LogP contribution in [0.1, 0.15) is 53.6 Å². The predicted molar refractivity (Wildman–Crippen MR) is 116 cm³/mol. The van der Waals surface area contributed by atoms with Crippen molar-refractivity contribution >= 4 is 17.7 Å². The standard InChI is InChI=1S/C24H26N4O4/c29-22-7-6-20(23(30)27-22)28-14-16-12-17(4-5-18(16)24(28)31)32-21-3-1-2-19(21)26-13-15-8-10-25-11-9-15/h4-5,8-12,19-21,26H,1-3,6-7,13-14H2,(H,27,29,30)/t19-,20?,21+/m1/s1. The van der Waals surface area contributed by atoms with Crippen LogP contribution in [-0.4, -0.2) is 45.8 Å². The summed E-state index contributed by atoms with van der Waals surface area (Å²) in [6.07, 6.45) is 7.41. The van der Waals surface area contributed by atoms with E-state index < -0.39 is 11.9 Å². The lowest BCUT2D eigenvalue weighted by Crippen LogP contribution is -2.52. The van der Waals surface area contributed by atoms with E-state index in [1.807, 2.05) is 24.3 Å². The quantitative estimate of drug-likeness (QED) is 0.674. The first kappa shape index (κ1) is 20.6. The first-order valence-corrected chi connectivity index (χ1v) is 11.1. The molecule has 8 heteroatoms. The molecule has 1 aromatic carbocycles. The van der Waals surface area contributed by atoms with E-state index in [-0.39, 0.29) is 30.4 Å². The first-order valence-electron chi connectivity index (χ1n) is 11.1. The van der Waals surface area contributed by atoms with Crippen molar-refractivity contribution in [3.63, 3.8) is 0 Å². The van der Waals surface area contributed by atoms with Crippen LogP contribution in [0.2, 0.25) is 0 Å². The minimum atomic E-state index is -0.603. The smallest absolute Gasteiger partial charge is 0.255 e. The molecular weight excluding hydrogens is 408 g/mol. The molecule has 8 nitrogen and oxygen atoms in total. The third-order valence-electron chi connectivity index (χ3n) is 6.55. The lowest BCUT2D eigenvalue weighted by molar-refractivity contribution is -0.136. The highest BCUT2D eigenvalue weighted by atomic mass is 16.5. The van der Waals surface area contributed by atoms with E-state index in [2.05, 4.69) is 15.6 Å². The van der Waals surface area contributed by atoms with Gasteiger partial charge in [-0.05, 0) is 67.1 Å². The number of amides is 3. The molecule has 1 saturated carbocycles. The van der Waals surface area contributed by atoms with Crippen LogP contribution in [0, 0.1) is 0 Å². The number of benzene rings is 1. The molecule has 1 aromatic heterocycles. The maximum Gasteiger partial charge on any atom is 0.255 e. The summed E-state index contributed by atoms with van der Waals surface area (Å²) >= 11 is 0. The Bertz CT molecular complexity index is 1040. The van der Waals surface area contributed by atoms with Gasteiger partial charge in [0.05, 0.1) is 0 Å². The van der Waals surface area contributed by atoms with Crippen LogP contribution in [0.3, 0.4) is 0 Å². The van der Waals surface area contributed by atoms with Gasteiger partial charge in [0.15, 0.2) is 0 Å². The Labute approximate surface area is 186 Å². The molecule has 2 aromatic rings. The number of carbonyl (C=O) groups is 3. The van der Waals surface area contributed by atoms with Crippen molar-refractivity contribution in [1.82, 2.24) is 20.5 Å². The lowest BCUT2D eigenvalue weighted by atomic mass is 10.0. The molecule has 32 heavy (non-hydrogen) atoms. The van der Waals surface area contributed by atoms with Crippen LogP contribution in [0.25, 0.3) is 0 Å². The molecule has 3 aliphatic rings. The maximum absolute atomic E-state index is 12.9. The van der Waals surface area contributed by atoms with Gasteiger partial charge < -0.3 is 15.0 Å². The Kier molecular flexibility index (Phi) is 5.61. The molecule has 5 rings (SSSR count). The minimum absolute atomic E-state index is 0.0678. The number of fused-ring (bicyclic) bond motifs is 1. The zero-order chi connectivity index (χ0) is 22.1. The molecule has 0 radical (unpaired) electrons. The van der Waals surface area contributed by atoms with Crippen LogP contribution in [0.4, 0.5) is 0 Å². The van der Waals surface area contributed by atoms with Crippen LogP contribution in [0.15, 0.2) is 42.7 Å². The van der Waals surface area contributed by atoms with Gasteiger partial charge in [0, 0.05) is 43.5 Å². The van der Waals surface area contributed by atoms with Crippen molar-refractivity contribution in [2.75, 3.05) is 0 Å². The van der Waals surface area contributed by atoms with E-state index in [1.165, 1.54) is 5.56 Å². The molecule has 1 aliphatic carbocycles. The summed E-state index contributed by atoms with van der Waals surface area (Å²) in [6.45, 7) is 1.12. The molecule has 2 aliphatic heterocycles. The van der Waals surface area contributed by atoms with Crippen LogP contribution < -0.4 is 15.4 Å². The zero-order valence-corrected chi connectivity index (χ0v) is 17.8. The van der Waals surface area contributed by atoms with E-state index in [9.17, 15) is 14.4 Å². The Morgan fingerprint density at radius 2 is 1.94 bits per heavy atom. The van der Waals surface area contributed by atoms with E-state index in [4.69, 9.17) is 4.74 Å². The number of imide groups is 1. The van der Waals surface area contributed by atoms with Crippen LogP contribution in [-0.2, 0) is 22.7 Å². The Morgan fingerprint density at radius 3 is 2.75 bits per heavy atom. The van der Waals surface area contributed by atoms with Crippen molar-refractivity contribution in [2.24, 2.45) is 0 Å². The number of carbonyl (C=O) groups excluding carboxylic acids is 3. The highest BCUT2D eigenvalue weighted by molar-refractivity contribution is 6.05. The Balaban J connectivity index is 1.24. The molecule has 0 spiro atoms. The minimum Gasteiger partial charge on any atom is -0.489 e. The fourth-order valence-electron chi connectivity index (χ4n) is 4.85. The van der Waals surface area contributed by atoms with Crippen LogP contribution in [0.5, 0.6) is 5.75 Å². The Morgan fingerprint density at radius 1 is 1.09 bits per heavy atom. The van der Waals surface area contributed by atoms with Crippen molar-refractivity contribution < 1.29 is 19.1 Å². The van der Waals surface area contributed by atoms with Crippen molar-refractivity contribution in [1.29, 1.82) is 0 Å². The number of hydrogen-bond acceptors (Lipinski definition) is 6. The normalized spacial score (nSPS) is 25.1. The molecule has 3 atom stereocenters. The molecule has 166 valence electrons. The van der Waals surface area contributed by atoms with Crippen molar-refractivity contribution in [3.8, 4) is 5.75 Å². The predicted octanol–water partition coefficient (Wildman–Crippen LogP) is 1.93. The highest BCUT2D eigenvalue weighted by Crippen LogP contribution is 2.32. The van der Waals surface area contributed by atoms with Gasteiger partial charge in [-0.3, -0.25) is 24.7 Å². The fourth-order valence-corrected chi connectivity index (χ4v) is 4.85. The second-order valence-electron chi connectivity index (χ2n) is 8.65. The number of pyridine rings is 1. The van der Waals surface area contributed by atoms with E-state index in [1.54, 1.807) is 23.4 Å². The lowest BCUT2D eigenvalue weighted by Gasteiger charge is -2.29. The van der Waals surface area contributed by atoms with Gasteiger partial charge >= 0.3 is 0 Å². The molecule has 1 saturated heterocycles. The molecule has 3 amide bonds. The monoisotopic (exact) mass is 434 g/mol. The van der Waals surface area contributed by atoms with Gasteiger partial charge in [-0.1, -0.05) is 0 Å². The summed E-state index contributed by atoms with van der Waals surface area (Å²) in [4.78, 5) is 42.1. The molecule has 0 bridgehead atoms. The maximum atomic E-state index is 12.9. The Hall–Kier alpha value is -3.26. The fraction of sp³-hybridized carbons (Fsp3) is 0.417. The third-order valence-corrected chi connectivity index (χ3v) is 6.55. The van der Waals surface area contributed by atoms with Crippen LogP contribution >= 0.6 is 0 Å². The second-order valence-corrected chi connectivity index (χ2v) is 8.65. The number of piperidine rings is 1. The summed E-state index contributed by atoms with van der Waals surface area (Å²) < 4.78 is 6.32. The number of ether oxygens (including phenoxy) is 1. The van der Waals surface area contributed by atoms with Gasteiger partial charge in [-0.25, -0.2) is 0 Å². The molecular formula is C24H26N4O4. The second kappa shape index (κ2) is 8.70. The first-order chi connectivity index (χ1) is 15.6. The molecule has 1 unspecified atom stereocenters. The van der Waals surface area contributed by atoms with Crippen molar-refractivity contribution in [2.45, 2.75) is 63.4 Å². The van der Waals surface area contributed by atoms with E-state index in [0.29, 0.717) is 18.5 Å². The van der Waals surface area contributed by atoms with Gasteiger partial charge in [0.2, 0.25) is 11.8 Å². The SMILES string of the molecule is O=C1CCC(N2Cc3cc(O[C@H]4CCC[C@H]4NCc4ccncc4)ccc3C2=O)C(=O)N1. The van der Waals surface area contributed by atoms with Crippen molar-refractivity contribution in [3.05, 3.63) is 59.4 Å². The van der Waals surface area contributed by atoms with Gasteiger partial charge in [0.1, 0.15) is 17.9 Å². The third kappa shape index (κ3) is 4.10. The van der Waals surface area contributed by atoms with E-state index >= 15 is 0 Å². The average Bonchev–Trinajstić information content (AvgIpc) is 3.37. The number of rotatable bonds is 6. The topological polar surface area (TPSA) is 101 Å². The number of aromatic nitrogens is 1. The summed E-state index contributed by atoms with van der Waals surface area (Å²) in [5.74, 6) is -0.106. The summed E-state index contributed by atoms with van der Waals surface area (Å²) in [6, 6.07) is 9.20. The summed E-state index contributed by atoms with van der Waals surface area (Å²) in [5, 5.41) is 5.93.